The number of hydrogen-bond donors (Lipinski definition) is 0. The van der Waals surface area contributed by atoms with E-state index in [4.69, 9.17) is 5.10 Å². The van der Waals surface area contributed by atoms with Gasteiger partial charge in [-0.15, -0.1) is 0 Å². The first-order valence-electron chi connectivity index (χ1n) is 9.02. The summed E-state index contributed by atoms with van der Waals surface area (Å²) in [6.07, 6.45) is 2.88. The van der Waals surface area contributed by atoms with Gasteiger partial charge in [-0.2, -0.15) is 5.10 Å². The van der Waals surface area contributed by atoms with E-state index in [0.717, 1.165) is 13.1 Å². The highest BCUT2D eigenvalue weighted by atomic mass is 16.2. The maximum atomic E-state index is 12.5. The molecule has 3 fully saturated rings. The van der Waals surface area contributed by atoms with E-state index in [1.54, 1.807) is 5.01 Å². The van der Waals surface area contributed by atoms with Crippen LogP contribution < -0.4 is 4.90 Å². The van der Waals surface area contributed by atoms with Gasteiger partial charge in [-0.25, -0.2) is 5.01 Å². The van der Waals surface area contributed by atoms with Crippen LogP contribution in [0.25, 0.3) is 0 Å². The minimum Gasteiger partial charge on any atom is -0.378 e. The van der Waals surface area contributed by atoms with Crippen LogP contribution in [0.2, 0.25) is 0 Å². The molecule has 1 aromatic rings. The molecule has 0 aromatic heterocycles. The summed E-state index contributed by atoms with van der Waals surface area (Å²) in [5, 5.41) is 6.61. The molecule has 4 aliphatic heterocycles. The fourth-order valence-corrected chi connectivity index (χ4v) is 4.39. The Labute approximate surface area is 143 Å². The third-order valence-electron chi connectivity index (χ3n) is 5.74. The molecule has 128 valence electrons. The van der Waals surface area contributed by atoms with Gasteiger partial charge in [-0.1, -0.05) is 19.1 Å². The van der Waals surface area contributed by atoms with Gasteiger partial charge >= 0.3 is 0 Å². The van der Waals surface area contributed by atoms with Crippen LogP contribution in [0.3, 0.4) is 0 Å². The zero-order valence-corrected chi connectivity index (χ0v) is 14.8. The van der Waals surface area contributed by atoms with Crippen molar-refractivity contribution in [1.29, 1.82) is 0 Å². The van der Waals surface area contributed by atoms with Gasteiger partial charge in [0.25, 0.3) is 0 Å². The Morgan fingerprint density at radius 1 is 1.17 bits per heavy atom. The zero-order valence-electron chi connectivity index (χ0n) is 14.8. The van der Waals surface area contributed by atoms with E-state index >= 15 is 0 Å². The molecule has 5 rings (SSSR count). The number of piperidine rings is 3. The monoisotopic (exact) mass is 326 g/mol. The van der Waals surface area contributed by atoms with Crippen LogP contribution in [0.1, 0.15) is 37.8 Å². The lowest BCUT2D eigenvalue weighted by Gasteiger charge is -2.46. The Morgan fingerprint density at radius 3 is 2.42 bits per heavy atom. The molecule has 2 atom stereocenters. The molecule has 5 heteroatoms. The summed E-state index contributed by atoms with van der Waals surface area (Å²) in [6, 6.07) is 8.91. The number of anilines is 1. The molecule has 0 saturated carbocycles. The Hall–Kier alpha value is -1.88. The van der Waals surface area contributed by atoms with E-state index < -0.39 is 0 Å². The van der Waals surface area contributed by atoms with Gasteiger partial charge in [-0.3, -0.25) is 9.69 Å². The first-order valence-corrected chi connectivity index (χ1v) is 9.02. The second kappa shape index (κ2) is 5.88. The van der Waals surface area contributed by atoms with E-state index in [1.807, 2.05) is 21.0 Å². The first kappa shape index (κ1) is 15.6. The van der Waals surface area contributed by atoms with Crippen LogP contribution in [0.5, 0.6) is 0 Å². The number of hydrogen-bond acceptors (Lipinski definition) is 4. The van der Waals surface area contributed by atoms with E-state index in [9.17, 15) is 4.79 Å². The zero-order chi connectivity index (χ0) is 16.8. The fourth-order valence-electron chi connectivity index (χ4n) is 4.39. The lowest BCUT2D eigenvalue weighted by atomic mass is 9.78. The highest BCUT2D eigenvalue weighted by molar-refractivity contribution is 5.97. The number of benzene rings is 1. The minimum absolute atomic E-state index is 0.0340. The SMILES string of the molecule is CCC(=O)N1N=C2C3CCN(CC3)C2C1c1ccc(N(C)C)cc1. The molecule has 1 aromatic carbocycles. The summed E-state index contributed by atoms with van der Waals surface area (Å²) in [6.45, 7) is 4.19. The van der Waals surface area contributed by atoms with Crippen molar-refractivity contribution in [2.24, 2.45) is 11.0 Å². The van der Waals surface area contributed by atoms with Gasteiger partial charge in [0.05, 0.1) is 11.8 Å². The van der Waals surface area contributed by atoms with Gasteiger partial charge < -0.3 is 4.90 Å². The molecule has 2 bridgehead atoms. The van der Waals surface area contributed by atoms with E-state index in [2.05, 4.69) is 34.1 Å². The van der Waals surface area contributed by atoms with Gasteiger partial charge in [0, 0.05) is 32.1 Å². The number of rotatable bonds is 3. The number of carbonyl (C=O) groups is 1. The maximum Gasteiger partial charge on any atom is 0.243 e. The van der Waals surface area contributed by atoms with Crippen molar-refractivity contribution in [3.8, 4) is 0 Å². The summed E-state index contributed by atoms with van der Waals surface area (Å²) in [7, 11) is 4.09. The molecule has 0 spiro atoms. The predicted molar refractivity (Wildman–Crippen MR) is 96.2 cm³/mol. The summed E-state index contributed by atoms with van der Waals surface area (Å²) in [5.41, 5.74) is 3.62. The molecule has 4 aliphatic rings. The molecule has 1 amide bonds. The van der Waals surface area contributed by atoms with Crippen molar-refractivity contribution in [3.05, 3.63) is 29.8 Å². The van der Waals surface area contributed by atoms with Crippen LogP contribution >= 0.6 is 0 Å². The van der Waals surface area contributed by atoms with Gasteiger partial charge in [-0.05, 0) is 43.6 Å². The van der Waals surface area contributed by atoms with Crippen molar-refractivity contribution in [3.63, 3.8) is 0 Å². The molecule has 2 unspecified atom stereocenters. The third kappa shape index (κ3) is 2.34. The smallest absolute Gasteiger partial charge is 0.243 e. The van der Waals surface area contributed by atoms with Crippen LogP contribution in [0.15, 0.2) is 29.4 Å². The summed E-state index contributed by atoms with van der Waals surface area (Å²) >= 11 is 0. The molecule has 3 saturated heterocycles. The molecule has 5 nitrogen and oxygen atoms in total. The van der Waals surface area contributed by atoms with Crippen molar-refractivity contribution in [1.82, 2.24) is 9.91 Å². The summed E-state index contributed by atoms with van der Waals surface area (Å²) < 4.78 is 0. The topological polar surface area (TPSA) is 39.2 Å². The highest BCUT2D eigenvalue weighted by Crippen LogP contribution is 2.43. The average molecular weight is 326 g/mol. The summed E-state index contributed by atoms with van der Waals surface area (Å²) in [5.74, 6) is 0.692. The number of amides is 1. The normalized spacial score (nSPS) is 31.0. The maximum absolute atomic E-state index is 12.5. The largest absolute Gasteiger partial charge is 0.378 e. The number of hydrazone groups is 1. The lowest BCUT2D eigenvalue weighted by molar-refractivity contribution is -0.133. The molecule has 4 heterocycles. The standard InChI is InChI=1S/C19H26N4O/c1-4-16(24)23-18(14-5-7-15(8-6-14)21(2)3)19-17(20-23)13-9-11-22(19)12-10-13/h5-8,13,18-19H,4,9-12H2,1-3H3. The van der Waals surface area contributed by atoms with Gasteiger partial charge in [0.15, 0.2) is 0 Å². The van der Waals surface area contributed by atoms with Crippen LogP contribution in [-0.4, -0.2) is 54.8 Å². The number of nitrogens with zero attached hydrogens (tertiary/aromatic N) is 4. The Morgan fingerprint density at radius 2 is 1.83 bits per heavy atom. The fraction of sp³-hybridized carbons (Fsp3) is 0.579. The van der Waals surface area contributed by atoms with Crippen LogP contribution in [-0.2, 0) is 4.79 Å². The van der Waals surface area contributed by atoms with E-state index in [-0.39, 0.29) is 18.0 Å². The van der Waals surface area contributed by atoms with E-state index in [1.165, 1.54) is 29.8 Å². The molecule has 0 radical (unpaired) electrons. The quantitative estimate of drug-likeness (QED) is 0.857. The number of carbonyl (C=O) groups excluding carboxylic acids is 1. The summed E-state index contributed by atoms with van der Waals surface area (Å²) in [4.78, 5) is 17.2. The molecular formula is C19H26N4O. The van der Waals surface area contributed by atoms with Crippen molar-refractivity contribution >= 4 is 17.3 Å². The van der Waals surface area contributed by atoms with Crippen molar-refractivity contribution < 1.29 is 4.79 Å². The van der Waals surface area contributed by atoms with Crippen molar-refractivity contribution in [2.45, 2.75) is 38.3 Å². The van der Waals surface area contributed by atoms with E-state index in [0.29, 0.717) is 12.3 Å². The minimum atomic E-state index is 0.0340. The van der Waals surface area contributed by atoms with Crippen LogP contribution in [0.4, 0.5) is 5.69 Å². The first-order chi connectivity index (χ1) is 11.6. The second-order valence-corrected chi connectivity index (χ2v) is 7.30. The third-order valence-corrected chi connectivity index (χ3v) is 5.74. The lowest BCUT2D eigenvalue weighted by Crippen LogP contribution is -2.56. The molecule has 0 aliphatic carbocycles. The average Bonchev–Trinajstić information content (AvgIpc) is 3.04. The Balaban J connectivity index is 1.72. The number of fused-ring (bicyclic) bond motifs is 2. The molecular weight excluding hydrogens is 300 g/mol. The Kier molecular flexibility index (Phi) is 3.83. The van der Waals surface area contributed by atoms with Gasteiger partial charge in [0.2, 0.25) is 5.91 Å². The highest BCUT2D eigenvalue weighted by Gasteiger charge is 2.50. The molecule has 24 heavy (non-hydrogen) atoms. The van der Waals surface area contributed by atoms with Gasteiger partial charge in [0.1, 0.15) is 6.04 Å². The van der Waals surface area contributed by atoms with Crippen molar-refractivity contribution in [2.75, 3.05) is 32.1 Å². The molecule has 0 N–H and O–H groups in total. The Bertz CT molecular complexity index is 658. The van der Waals surface area contributed by atoms with Crippen LogP contribution in [0, 0.1) is 5.92 Å². The predicted octanol–water partition coefficient (Wildman–Crippen LogP) is 2.50. The second-order valence-electron chi connectivity index (χ2n) is 7.30.